The summed E-state index contributed by atoms with van der Waals surface area (Å²) >= 11 is 0. The highest BCUT2D eigenvalue weighted by Crippen LogP contribution is 2.45. The Labute approximate surface area is 221 Å². The first-order valence-corrected chi connectivity index (χ1v) is 13.5. The maximum absolute atomic E-state index is 13.4. The maximum atomic E-state index is 13.4. The Morgan fingerprint density at radius 1 is 0.816 bits per heavy atom. The Kier molecular flexibility index (Phi) is 4.78. The molecular weight excluding hydrogens is 470 g/mol. The largest absolute Gasteiger partial charge is 0.456 e. The van der Waals surface area contributed by atoms with E-state index in [9.17, 15) is 4.79 Å². The zero-order chi connectivity index (χ0) is 25.2. The molecule has 4 heteroatoms. The molecule has 0 spiro atoms. The Balaban J connectivity index is 1.04. The highest BCUT2D eigenvalue weighted by Gasteiger charge is 2.41. The fraction of sp³-hybridized carbons (Fsp3) is 0.206. The van der Waals surface area contributed by atoms with Gasteiger partial charge in [-0.2, -0.15) is 0 Å². The van der Waals surface area contributed by atoms with Crippen LogP contribution >= 0.6 is 0 Å². The number of benzene rings is 4. The van der Waals surface area contributed by atoms with Crippen molar-refractivity contribution in [1.82, 2.24) is 4.90 Å². The molecule has 3 aliphatic rings. The number of furan rings is 1. The molecule has 0 N–H and O–H groups in total. The molecule has 4 aromatic carbocycles. The summed E-state index contributed by atoms with van der Waals surface area (Å²) in [4.78, 5) is 15.4. The van der Waals surface area contributed by atoms with Gasteiger partial charge in [0.1, 0.15) is 17.8 Å². The van der Waals surface area contributed by atoms with Crippen molar-refractivity contribution in [2.24, 2.45) is 0 Å². The van der Waals surface area contributed by atoms with E-state index in [4.69, 9.17) is 9.15 Å². The van der Waals surface area contributed by atoms with Crippen LogP contribution in [0.5, 0.6) is 0 Å². The van der Waals surface area contributed by atoms with E-state index in [1.165, 1.54) is 33.4 Å². The molecule has 3 heterocycles. The number of carbonyl (C=O) groups excluding carboxylic acids is 1. The van der Waals surface area contributed by atoms with Gasteiger partial charge in [-0.15, -0.1) is 0 Å². The van der Waals surface area contributed by atoms with Crippen molar-refractivity contribution < 1.29 is 13.9 Å². The molecule has 1 amide bonds. The molecule has 38 heavy (non-hydrogen) atoms. The predicted molar refractivity (Wildman–Crippen MR) is 150 cm³/mol. The second-order valence-corrected chi connectivity index (χ2v) is 10.7. The second kappa shape index (κ2) is 8.35. The summed E-state index contributed by atoms with van der Waals surface area (Å²) in [6, 6.07) is 31.8. The summed E-state index contributed by atoms with van der Waals surface area (Å²) < 4.78 is 12.1. The van der Waals surface area contributed by atoms with Crippen LogP contribution in [-0.4, -0.2) is 29.7 Å². The van der Waals surface area contributed by atoms with Crippen molar-refractivity contribution in [3.63, 3.8) is 0 Å². The van der Waals surface area contributed by atoms with Gasteiger partial charge in [0.15, 0.2) is 0 Å². The van der Waals surface area contributed by atoms with E-state index in [1.807, 2.05) is 17.0 Å². The van der Waals surface area contributed by atoms with Gasteiger partial charge >= 0.3 is 6.09 Å². The summed E-state index contributed by atoms with van der Waals surface area (Å²) in [5, 5.41) is 2.29. The maximum Gasteiger partial charge on any atom is 0.410 e. The van der Waals surface area contributed by atoms with E-state index in [0.29, 0.717) is 6.61 Å². The van der Waals surface area contributed by atoms with Crippen molar-refractivity contribution >= 4 is 33.6 Å². The number of amides is 1. The standard InChI is InChI=1S/C34H27NO3/c36-34(37-20-31-27-9-3-1-7-25(27)26-8-2-4-10-28(26)31)35-23-14-15-24(35)18-22(17-23)21-13-16-33-30(19-21)29-11-5-6-12-32(29)38-33/h1-13,16-17,19,23-24,31H,14-15,18,20H2. The van der Waals surface area contributed by atoms with Gasteiger partial charge in [-0.05, 0) is 70.9 Å². The quantitative estimate of drug-likeness (QED) is 0.253. The van der Waals surface area contributed by atoms with Crippen molar-refractivity contribution in [2.75, 3.05) is 6.61 Å². The number of carbonyl (C=O) groups is 1. The fourth-order valence-corrected chi connectivity index (χ4v) is 6.92. The summed E-state index contributed by atoms with van der Waals surface area (Å²) in [5.74, 6) is 0.0800. The Bertz CT molecular complexity index is 1720. The molecule has 1 aliphatic carbocycles. The summed E-state index contributed by atoms with van der Waals surface area (Å²) in [6.07, 6.45) is 4.93. The van der Waals surface area contributed by atoms with Crippen LogP contribution in [0.4, 0.5) is 4.79 Å². The van der Waals surface area contributed by atoms with Gasteiger partial charge in [0, 0.05) is 22.7 Å². The highest BCUT2D eigenvalue weighted by atomic mass is 16.6. The van der Waals surface area contributed by atoms with Crippen LogP contribution in [0.2, 0.25) is 0 Å². The lowest BCUT2D eigenvalue weighted by Gasteiger charge is -2.33. The van der Waals surface area contributed by atoms with E-state index >= 15 is 0 Å². The summed E-state index contributed by atoms with van der Waals surface area (Å²) in [6.45, 7) is 0.365. The van der Waals surface area contributed by atoms with Gasteiger partial charge in [0.05, 0.1) is 6.04 Å². The number of hydrogen-bond acceptors (Lipinski definition) is 3. The normalized spacial score (nSPS) is 20.0. The van der Waals surface area contributed by atoms with Crippen LogP contribution in [0, 0.1) is 0 Å². The third kappa shape index (κ3) is 3.26. The topological polar surface area (TPSA) is 42.7 Å². The third-order valence-corrected chi connectivity index (χ3v) is 8.69. The Morgan fingerprint density at radius 3 is 2.32 bits per heavy atom. The number of ether oxygens (including phenoxy) is 1. The summed E-state index contributed by atoms with van der Waals surface area (Å²) in [7, 11) is 0. The molecule has 0 saturated carbocycles. The van der Waals surface area contributed by atoms with E-state index in [2.05, 4.69) is 84.9 Å². The van der Waals surface area contributed by atoms with Gasteiger partial charge in [0.2, 0.25) is 0 Å². The Morgan fingerprint density at radius 2 is 1.53 bits per heavy atom. The van der Waals surface area contributed by atoms with Crippen LogP contribution in [0.1, 0.15) is 41.9 Å². The third-order valence-electron chi connectivity index (χ3n) is 8.69. The number of nitrogens with zero attached hydrogens (tertiary/aromatic N) is 1. The molecule has 1 fully saturated rings. The van der Waals surface area contributed by atoms with Crippen LogP contribution in [0.25, 0.3) is 38.6 Å². The Hall–Kier alpha value is -4.31. The lowest BCUT2D eigenvalue weighted by Crippen LogP contribution is -2.43. The minimum Gasteiger partial charge on any atom is -0.456 e. The van der Waals surface area contributed by atoms with Crippen molar-refractivity contribution in [2.45, 2.75) is 37.3 Å². The smallest absolute Gasteiger partial charge is 0.410 e. The lowest BCUT2D eigenvalue weighted by molar-refractivity contribution is 0.0866. The number of para-hydroxylation sites is 1. The number of rotatable bonds is 3. The van der Waals surface area contributed by atoms with Crippen LogP contribution in [0.3, 0.4) is 0 Å². The molecule has 4 nitrogen and oxygen atoms in total. The molecule has 2 aliphatic heterocycles. The molecule has 5 aromatic rings. The van der Waals surface area contributed by atoms with Crippen molar-refractivity contribution in [3.8, 4) is 11.1 Å². The first-order valence-electron chi connectivity index (χ1n) is 13.5. The SMILES string of the molecule is O=C(OCC1c2ccccc2-c2ccccc21)N1C2C=C(c3ccc4oc5ccccc5c4c3)CC1CC2. The van der Waals surface area contributed by atoms with E-state index < -0.39 is 0 Å². The van der Waals surface area contributed by atoms with Gasteiger partial charge < -0.3 is 9.15 Å². The van der Waals surface area contributed by atoms with Crippen LogP contribution in [-0.2, 0) is 4.74 Å². The van der Waals surface area contributed by atoms with Crippen LogP contribution in [0.15, 0.2) is 101 Å². The molecule has 2 atom stereocenters. The van der Waals surface area contributed by atoms with Gasteiger partial charge in [0.25, 0.3) is 0 Å². The number of fused-ring (bicyclic) bond motifs is 8. The minimum absolute atomic E-state index is 0.0798. The van der Waals surface area contributed by atoms with Gasteiger partial charge in [-0.3, -0.25) is 4.90 Å². The number of hydrogen-bond donors (Lipinski definition) is 0. The zero-order valence-corrected chi connectivity index (χ0v) is 21.0. The second-order valence-electron chi connectivity index (χ2n) is 10.7. The first kappa shape index (κ1) is 21.7. The molecule has 1 saturated heterocycles. The van der Waals surface area contributed by atoms with Gasteiger partial charge in [-0.25, -0.2) is 4.79 Å². The molecule has 8 rings (SSSR count). The minimum atomic E-state index is -0.189. The van der Waals surface area contributed by atoms with E-state index in [-0.39, 0.29) is 24.1 Å². The molecule has 186 valence electrons. The monoisotopic (exact) mass is 497 g/mol. The average molecular weight is 498 g/mol. The molecule has 2 unspecified atom stereocenters. The van der Waals surface area contributed by atoms with Crippen molar-refractivity contribution in [3.05, 3.63) is 114 Å². The predicted octanol–water partition coefficient (Wildman–Crippen LogP) is 8.16. The average Bonchev–Trinajstić information content (AvgIpc) is 3.58. The molecule has 1 aromatic heterocycles. The first-order chi connectivity index (χ1) is 18.7. The molecule has 2 bridgehead atoms. The molecule has 0 radical (unpaired) electrons. The lowest BCUT2D eigenvalue weighted by atomic mass is 9.94. The van der Waals surface area contributed by atoms with E-state index in [1.54, 1.807) is 0 Å². The summed E-state index contributed by atoms with van der Waals surface area (Å²) in [5.41, 5.74) is 9.34. The molecular formula is C34H27NO3. The van der Waals surface area contributed by atoms with Crippen molar-refractivity contribution in [1.29, 1.82) is 0 Å². The highest BCUT2D eigenvalue weighted by molar-refractivity contribution is 6.05. The van der Waals surface area contributed by atoms with E-state index in [0.717, 1.165) is 41.2 Å². The van der Waals surface area contributed by atoms with Crippen LogP contribution < -0.4 is 0 Å². The van der Waals surface area contributed by atoms with Gasteiger partial charge in [-0.1, -0.05) is 78.9 Å². The fourth-order valence-electron chi connectivity index (χ4n) is 6.92. The zero-order valence-electron chi connectivity index (χ0n) is 21.0.